The molecule has 1 aromatic carbocycles. The van der Waals surface area contributed by atoms with E-state index in [1.807, 2.05) is 40.9 Å². The first kappa shape index (κ1) is 21.1. The predicted octanol–water partition coefficient (Wildman–Crippen LogP) is 2.70. The van der Waals surface area contributed by atoms with E-state index in [4.69, 9.17) is 0 Å². The molecular weight excluding hydrogens is 370 g/mol. The lowest BCUT2D eigenvalue weighted by Gasteiger charge is -2.22. The number of nitrogens with zero attached hydrogens (tertiary/aromatic N) is 1. The predicted molar refractivity (Wildman–Crippen MR) is 110 cm³/mol. The quantitative estimate of drug-likeness (QED) is 0.774. The summed E-state index contributed by atoms with van der Waals surface area (Å²) in [6.45, 7) is 2.81. The van der Waals surface area contributed by atoms with Crippen LogP contribution >= 0.6 is 24.2 Å². The van der Waals surface area contributed by atoms with Crippen LogP contribution in [0.5, 0.6) is 0 Å². The minimum absolute atomic E-state index is 0. The Hall–Kier alpha value is -1.24. The Morgan fingerprint density at radius 1 is 1.19 bits per heavy atom. The molecule has 2 fully saturated rings. The fourth-order valence-corrected chi connectivity index (χ4v) is 4.27. The van der Waals surface area contributed by atoms with Gasteiger partial charge in [0.25, 0.3) is 0 Å². The molecular formula is C19H28ClN3O2S. The Bertz CT molecular complexity index is 585. The van der Waals surface area contributed by atoms with Crippen molar-refractivity contribution in [1.82, 2.24) is 10.2 Å². The third kappa shape index (κ3) is 6.49. The number of amides is 2. The molecule has 1 atom stereocenters. The number of carbonyl (C=O) groups excluding carboxylic acids is 2. The molecule has 0 aromatic heterocycles. The number of aryl methyl sites for hydroxylation is 1. The molecule has 144 valence electrons. The number of benzene rings is 1. The van der Waals surface area contributed by atoms with Gasteiger partial charge < -0.3 is 15.5 Å². The normalized spacial score (nSPS) is 19.7. The smallest absolute Gasteiger partial charge is 0.225 e. The van der Waals surface area contributed by atoms with Crippen LogP contribution in [0.25, 0.3) is 0 Å². The summed E-state index contributed by atoms with van der Waals surface area (Å²) >= 11 is 1.90. The summed E-state index contributed by atoms with van der Waals surface area (Å²) < 4.78 is 0. The molecule has 1 aromatic rings. The van der Waals surface area contributed by atoms with Crippen molar-refractivity contribution in [3.05, 3.63) is 29.8 Å². The SMILES string of the molecule is Cl.O=C(CC1CSCCN1)Nc1ccc(CCC(=O)N2CCCC2)cc1. The Morgan fingerprint density at radius 3 is 2.58 bits per heavy atom. The highest BCUT2D eigenvalue weighted by Crippen LogP contribution is 2.15. The van der Waals surface area contributed by atoms with E-state index >= 15 is 0 Å². The summed E-state index contributed by atoms with van der Waals surface area (Å²) in [4.78, 5) is 26.2. The first-order chi connectivity index (χ1) is 12.2. The lowest BCUT2D eigenvalue weighted by atomic mass is 10.1. The summed E-state index contributed by atoms with van der Waals surface area (Å²) in [6, 6.07) is 8.13. The van der Waals surface area contributed by atoms with E-state index in [0.29, 0.717) is 12.8 Å². The van der Waals surface area contributed by atoms with Crippen LogP contribution in [0.3, 0.4) is 0 Å². The Labute approximate surface area is 166 Å². The topological polar surface area (TPSA) is 61.4 Å². The number of carbonyl (C=O) groups is 2. The molecule has 2 N–H and O–H groups in total. The fraction of sp³-hybridized carbons (Fsp3) is 0.579. The zero-order valence-corrected chi connectivity index (χ0v) is 16.7. The Kier molecular flexibility index (Phi) is 8.75. The number of hydrogen-bond donors (Lipinski definition) is 2. The van der Waals surface area contributed by atoms with E-state index in [-0.39, 0.29) is 30.3 Å². The average molecular weight is 398 g/mol. The minimum Gasteiger partial charge on any atom is -0.343 e. The lowest BCUT2D eigenvalue weighted by Crippen LogP contribution is -2.39. The molecule has 3 rings (SSSR count). The zero-order valence-electron chi connectivity index (χ0n) is 15.0. The molecule has 7 heteroatoms. The highest BCUT2D eigenvalue weighted by molar-refractivity contribution is 7.99. The number of likely N-dealkylation sites (tertiary alicyclic amines) is 1. The Morgan fingerprint density at radius 2 is 1.92 bits per heavy atom. The van der Waals surface area contributed by atoms with E-state index in [2.05, 4.69) is 10.6 Å². The summed E-state index contributed by atoms with van der Waals surface area (Å²) in [5.41, 5.74) is 1.96. The lowest BCUT2D eigenvalue weighted by molar-refractivity contribution is -0.130. The molecule has 0 radical (unpaired) electrons. The molecule has 0 spiro atoms. The molecule has 0 saturated carbocycles. The summed E-state index contributed by atoms with van der Waals surface area (Å²) in [6.07, 6.45) is 4.10. The summed E-state index contributed by atoms with van der Waals surface area (Å²) in [7, 11) is 0. The second-order valence-corrected chi connectivity index (χ2v) is 7.91. The molecule has 26 heavy (non-hydrogen) atoms. The first-order valence-corrected chi connectivity index (χ1v) is 10.3. The van der Waals surface area contributed by atoms with E-state index in [1.54, 1.807) is 0 Å². The highest BCUT2D eigenvalue weighted by atomic mass is 35.5. The van der Waals surface area contributed by atoms with Crippen molar-refractivity contribution in [2.75, 3.05) is 36.5 Å². The van der Waals surface area contributed by atoms with E-state index in [0.717, 1.165) is 61.7 Å². The Balaban J connectivity index is 0.00000243. The van der Waals surface area contributed by atoms with Crippen molar-refractivity contribution < 1.29 is 9.59 Å². The van der Waals surface area contributed by atoms with Gasteiger partial charge in [0.05, 0.1) is 0 Å². The van der Waals surface area contributed by atoms with Gasteiger partial charge in [-0.25, -0.2) is 0 Å². The van der Waals surface area contributed by atoms with Crippen molar-refractivity contribution in [3.8, 4) is 0 Å². The fourth-order valence-electron chi connectivity index (χ4n) is 3.32. The number of hydrogen-bond acceptors (Lipinski definition) is 4. The van der Waals surface area contributed by atoms with Crippen molar-refractivity contribution in [3.63, 3.8) is 0 Å². The van der Waals surface area contributed by atoms with Crippen LogP contribution in [-0.4, -0.2) is 53.9 Å². The molecule has 2 aliphatic heterocycles. The first-order valence-electron chi connectivity index (χ1n) is 9.18. The third-order valence-corrected chi connectivity index (χ3v) is 5.89. The van der Waals surface area contributed by atoms with E-state index in [1.165, 1.54) is 0 Å². The van der Waals surface area contributed by atoms with Crippen molar-refractivity contribution in [2.24, 2.45) is 0 Å². The molecule has 2 aliphatic rings. The average Bonchev–Trinajstić information content (AvgIpc) is 3.16. The van der Waals surface area contributed by atoms with Crippen molar-refractivity contribution in [2.45, 2.75) is 38.1 Å². The van der Waals surface area contributed by atoms with Gasteiger partial charge >= 0.3 is 0 Å². The second-order valence-electron chi connectivity index (χ2n) is 6.76. The van der Waals surface area contributed by atoms with Gasteiger partial charge in [0, 0.05) is 55.7 Å². The number of halogens is 1. The molecule has 0 aliphatic carbocycles. The maximum atomic E-state index is 12.1. The van der Waals surface area contributed by atoms with Gasteiger partial charge in [-0.1, -0.05) is 12.1 Å². The van der Waals surface area contributed by atoms with Gasteiger partial charge in [0.2, 0.25) is 11.8 Å². The van der Waals surface area contributed by atoms with Crippen molar-refractivity contribution >= 4 is 41.7 Å². The van der Waals surface area contributed by atoms with Gasteiger partial charge in [-0.15, -0.1) is 12.4 Å². The van der Waals surface area contributed by atoms with Crippen LogP contribution in [-0.2, 0) is 16.0 Å². The van der Waals surface area contributed by atoms with Crippen LogP contribution in [0.15, 0.2) is 24.3 Å². The van der Waals surface area contributed by atoms with Gasteiger partial charge in [-0.05, 0) is 37.0 Å². The van der Waals surface area contributed by atoms with Gasteiger partial charge in [-0.3, -0.25) is 9.59 Å². The van der Waals surface area contributed by atoms with Crippen molar-refractivity contribution in [1.29, 1.82) is 0 Å². The number of nitrogens with one attached hydrogen (secondary N) is 2. The van der Waals surface area contributed by atoms with Crippen LogP contribution < -0.4 is 10.6 Å². The van der Waals surface area contributed by atoms with Crippen LogP contribution in [0, 0.1) is 0 Å². The van der Waals surface area contributed by atoms with Crippen LogP contribution in [0.4, 0.5) is 5.69 Å². The molecule has 2 amide bonds. The summed E-state index contributed by atoms with van der Waals surface area (Å²) in [5.74, 6) is 2.43. The molecule has 0 bridgehead atoms. The third-order valence-electron chi connectivity index (χ3n) is 4.75. The zero-order chi connectivity index (χ0) is 17.5. The second kappa shape index (κ2) is 10.8. The van der Waals surface area contributed by atoms with Gasteiger partial charge in [0.15, 0.2) is 0 Å². The number of anilines is 1. The highest BCUT2D eigenvalue weighted by Gasteiger charge is 2.18. The number of thioether (sulfide) groups is 1. The van der Waals surface area contributed by atoms with E-state index in [9.17, 15) is 9.59 Å². The standard InChI is InChI=1S/C19H27N3O2S.ClH/c23-18(13-17-14-25-12-9-20-17)21-16-6-3-15(4-7-16)5-8-19(24)22-10-1-2-11-22;/h3-4,6-7,17,20H,1-2,5,8-14H2,(H,21,23);1H. The van der Waals surface area contributed by atoms with Gasteiger partial charge in [0.1, 0.15) is 0 Å². The molecule has 2 saturated heterocycles. The maximum absolute atomic E-state index is 12.1. The van der Waals surface area contributed by atoms with Crippen LogP contribution in [0.2, 0.25) is 0 Å². The van der Waals surface area contributed by atoms with E-state index < -0.39 is 0 Å². The van der Waals surface area contributed by atoms with Crippen LogP contribution in [0.1, 0.15) is 31.2 Å². The largest absolute Gasteiger partial charge is 0.343 e. The minimum atomic E-state index is 0. The molecule has 5 nitrogen and oxygen atoms in total. The number of rotatable bonds is 6. The molecule has 1 unspecified atom stereocenters. The maximum Gasteiger partial charge on any atom is 0.225 e. The van der Waals surface area contributed by atoms with Gasteiger partial charge in [-0.2, -0.15) is 11.8 Å². The summed E-state index contributed by atoms with van der Waals surface area (Å²) in [5, 5.41) is 6.34. The molecule has 2 heterocycles. The monoisotopic (exact) mass is 397 g/mol.